The molecule has 2 N–H and O–H groups in total. The monoisotopic (exact) mass is 327 g/mol. The molecule has 106 valence electrons. The second kappa shape index (κ2) is 7.48. The van der Waals surface area contributed by atoms with Gasteiger partial charge in [0.25, 0.3) is 5.91 Å². The van der Waals surface area contributed by atoms with Crippen molar-refractivity contribution < 1.29 is 4.79 Å². The van der Waals surface area contributed by atoms with Crippen LogP contribution in [0.5, 0.6) is 0 Å². The lowest BCUT2D eigenvalue weighted by atomic mass is 10.0. The first-order valence-corrected chi connectivity index (χ1v) is 7.49. The molecule has 2 unspecified atom stereocenters. The fourth-order valence-electron chi connectivity index (χ4n) is 1.70. The molecule has 0 aliphatic rings. The standard InChI is InChI=1S/C14H22BrN3O/c1-5-9(3)10(4)18-14(19)12-7-11(15)8-17-13(12)16-6-2/h7-10H,5-6H2,1-4H3,(H,16,17)(H,18,19). The van der Waals surface area contributed by atoms with Gasteiger partial charge in [0.2, 0.25) is 0 Å². The SMILES string of the molecule is CCNc1ncc(Br)cc1C(=O)NC(C)C(C)CC. The van der Waals surface area contributed by atoms with Crippen LogP contribution in [0, 0.1) is 5.92 Å². The summed E-state index contributed by atoms with van der Waals surface area (Å²) < 4.78 is 0.801. The minimum Gasteiger partial charge on any atom is -0.370 e. The lowest BCUT2D eigenvalue weighted by Gasteiger charge is -2.20. The van der Waals surface area contributed by atoms with Crippen LogP contribution >= 0.6 is 15.9 Å². The minimum atomic E-state index is -0.0856. The molecule has 0 radical (unpaired) electrons. The van der Waals surface area contributed by atoms with Gasteiger partial charge in [0, 0.05) is 23.3 Å². The highest BCUT2D eigenvalue weighted by atomic mass is 79.9. The van der Waals surface area contributed by atoms with Crippen molar-refractivity contribution in [1.82, 2.24) is 10.3 Å². The van der Waals surface area contributed by atoms with E-state index in [1.807, 2.05) is 13.8 Å². The number of rotatable bonds is 6. The van der Waals surface area contributed by atoms with Gasteiger partial charge < -0.3 is 10.6 Å². The van der Waals surface area contributed by atoms with E-state index < -0.39 is 0 Å². The molecule has 1 amide bonds. The molecular weight excluding hydrogens is 306 g/mol. The highest BCUT2D eigenvalue weighted by Gasteiger charge is 2.17. The Kier molecular flexibility index (Phi) is 6.28. The minimum absolute atomic E-state index is 0.0856. The van der Waals surface area contributed by atoms with Gasteiger partial charge in [-0.05, 0) is 41.8 Å². The van der Waals surface area contributed by atoms with Gasteiger partial charge in [-0.25, -0.2) is 4.98 Å². The third-order valence-electron chi connectivity index (χ3n) is 3.30. The van der Waals surface area contributed by atoms with Crippen molar-refractivity contribution in [3.63, 3.8) is 0 Å². The molecule has 4 nitrogen and oxygen atoms in total. The van der Waals surface area contributed by atoms with Crippen LogP contribution in [-0.2, 0) is 0 Å². The number of halogens is 1. The second-order valence-corrected chi connectivity index (χ2v) is 5.64. The molecular formula is C14H22BrN3O. The van der Waals surface area contributed by atoms with Crippen LogP contribution < -0.4 is 10.6 Å². The highest BCUT2D eigenvalue weighted by Crippen LogP contribution is 2.18. The Morgan fingerprint density at radius 3 is 2.68 bits per heavy atom. The fraction of sp³-hybridized carbons (Fsp3) is 0.571. The molecule has 1 aromatic heterocycles. The van der Waals surface area contributed by atoms with Gasteiger partial charge in [-0.1, -0.05) is 20.3 Å². The zero-order chi connectivity index (χ0) is 14.4. The fourth-order valence-corrected chi connectivity index (χ4v) is 2.03. The lowest BCUT2D eigenvalue weighted by molar-refractivity contribution is 0.0928. The van der Waals surface area contributed by atoms with Crippen molar-refractivity contribution in [2.75, 3.05) is 11.9 Å². The van der Waals surface area contributed by atoms with E-state index in [4.69, 9.17) is 0 Å². The Morgan fingerprint density at radius 2 is 2.11 bits per heavy atom. The van der Waals surface area contributed by atoms with E-state index in [0.717, 1.165) is 17.4 Å². The summed E-state index contributed by atoms with van der Waals surface area (Å²) in [6.45, 7) is 9.00. The number of nitrogens with one attached hydrogen (secondary N) is 2. The highest BCUT2D eigenvalue weighted by molar-refractivity contribution is 9.10. The summed E-state index contributed by atoms with van der Waals surface area (Å²) in [6, 6.07) is 1.94. The number of pyridine rings is 1. The van der Waals surface area contributed by atoms with Crippen molar-refractivity contribution >= 4 is 27.7 Å². The van der Waals surface area contributed by atoms with Crippen LogP contribution in [0.25, 0.3) is 0 Å². The van der Waals surface area contributed by atoms with E-state index in [0.29, 0.717) is 17.3 Å². The molecule has 2 atom stereocenters. The number of anilines is 1. The Bertz CT molecular complexity index is 437. The van der Waals surface area contributed by atoms with E-state index >= 15 is 0 Å². The van der Waals surface area contributed by atoms with Crippen LogP contribution in [0.4, 0.5) is 5.82 Å². The Morgan fingerprint density at radius 1 is 1.42 bits per heavy atom. The first-order chi connectivity index (χ1) is 8.99. The molecule has 0 bridgehead atoms. The van der Waals surface area contributed by atoms with Gasteiger partial charge in [-0.15, -0.1) is 0 Å². The van der Waals surface area contributed by atoms with E-state index in [9.17, 15) is 4.79 Å². The molecule has 1 heterocycles. The Labute approximate surface area is 123 Å². The summed E-state index contributed by atoms with van der Waals surface area (Å²) >= 11 is 3.35. The molecule has 0 saturated heterocycles. The smallest absolute Gasteiger partial charge is 0.255 e. The number of aromatic nitrogens is 1. The van der Waals surface area contributed by atoms with Crippen molar-refractivity contribution in [3.8, 4) is 0 Å². The van der Waals surface area contributed by atoms with Crippen molar-refractivity contribution in [2.24, 2.45) is 5.92 Å². The van der Waals surface area contributed by atoms with Crippen LogP contribution in [0.1, 0.15) is 44.5 Å². The molecule has 5 heteroatoms. The van der Waals surface area contributed by atoms with Crippen molar-refractivity contribution in [2.45, 2.75) is 40.2 Å². The quantitative estimate of drug-likeness (QED) is 0.841. The van der Waals surface area contributed by atoms with Gasteiger partial charge in [0.1, 0.15) is 5.82 Å². The number of carbonyl (C=O) groups excluding carboxylic acids is 1. The molecule has 0 fully saturated rings. The molecule has 0 aromatic carbocycles. The van der Waals surface area contributed by atoms with E-state index in [-0.39, 0.29) is 11.9 Å². The number of hydrogen-bond acceptors (Lipinski definition) is 3. The zero-order valence-electron chi connectivity index (χ0n) is 12.0. The van der Waals surface area contributed by atoms with Gasteiger partial charge in [0.15, 0.2) is 0 Å². The van der Waals surface area contributed by atoms with Crippen LogP contribution in [0.3, 0.4) is 0 Å². The molecule has 1 aromatic rings. The maximum absolute atomic E-state index is 12.3. The lowest BCUT2D eigenvalue weighted by Crippen LogP contribution is -2.37. The van der Waals surface area contributed by atoms with E-state index in [2.05, 4.69) is 45.4 Å². The largest absolute Gasteiger partial charge is 0.370 e. The molecule has 0 aliphatic carbocycles. The first kappa shape index (κ1) is 16.0. The number of nitrogens with zero attached hydrogens (tertiary/aromatic N) is 1. The van der Waals surface area contributed by atoms with Gasteiger partial charge in [-0.3, -0.25) is 4.79 Å². The Hall–Kier alpha value is -1.10. The van der Waals surface area contributed by atoms with Crippen molar-refractivity contribution in [1.29, 1.82) is 0 Å². The molecule has 19 heavy (non-hydrogen) atoms. The van der Waals surface area contributed by atoms with Gasteiger partial charge in [0.05, 0.1) is 5.56 Å². The number of carbonyl (C=O) groups is 1. The zero-order valence-corrected chi connectivity index (χ0v) is 13.5. The molecule has 1 rings (SSSR count). The molecule has 0 spiro atoms. The predicted octanol–water partition coefficient (Wildman–Crippen LogP) is 3.44. The Balaban J connectivity index is 2.89. The number of hydrogen-bond donors (Lipinski definition) is 2. The summed E-state index contributed by atoms with van der Waals surface area (Å²) in [5.41, 5.74) is 0.575. The van der Waals surface area contributed by atoms with Crippen LogP contribution in [0.15, 0.2) is 16.7 Å². The third kappa shape index (κ3) is 4.49. The third-order valence-corrected chi connectivity index (χ3v) is 3.73. The van der Waals surface area contributed by atoms with Crippen LogP contribution in [0.2, 0.25) is 0 Å². The normalized spacial score (nSPS) is 13.7. The number of amides is 1. The van der Waals surface area contributed by atoms with E-state index in [1.54, 1.807) is 12.3 Å². The predicted molar refractivity (Wildman–Crippen MR) is 82.5 cm³/mol. The molecule has 0 saturated carbocycles. The average Bonchev–Trinajstić information content (AvgIpc) is 2.39. The van der Waals surface area contributed by atoms with Crippen LogP contribution in [-0.4, -0.2) is 23.5 Å². The average molecular weight is 328 g/mol. The van der Waals surface area contributed by atoms with Crippen molar-refractivity contribution in [3.05, 3.63) is 22.3 Å². The van der Waals surface area contributed by atoms with E-state index in [1.165, 1.54) is 0 Å². The summed E-state index contributed by atoms with van der Waals surface area (Å²) in [5.74, 6) is 0.990. The maximum Gasteiger partial charge on any atom is 0.255 e. The summed E-state index contributed by atoms with van der Waals surface area (Å²) in [7, 11) is 0. The summed E-state index contributed by atoms with van der Waals surface area (Å²) in [6.07, 6.45) is 2.73. The van der Waals surface area contributed by atoms with Gasteiger partial charge in [-0.2, -0.15) is 0 Å². The topological polar surface area (TPSA) is 54.0 Å². The summed E-state index contributed by atoms with van der Waals surface area (Å²) in [5, 5.41) is 6.14. The summed E-state index contributed by atoms with van der Waals surface area (Å²) in [4.78, 5) is 16.6. The maximum atomic E-state index is 12.3. The second-order valence-electron chi connectivity index (χ2n) is 4.73. The van der Waals surface area contributed by atoms with Gasteiger partial charge >= 0.3 is 0 Å². The first-order valence-electron chi connectivity index (χ1n) is 6.69. The molecule has 0 aliphatic heterocycles.